The van der Waals surface area contributed by atoms with Crippen LogP contribution in [0.25, 0.3) is 10.8 Å². The van der Waals surface area contributed by atoms with Gasteiger partial charge in [-0.2, -0.15) is 0 Å². The minimum absolute atomic E-state index is 0.0801. The number of Topliss-reactive ketones (excluding diaryl/α,β-unsaturated/α-hetero) is 1. The Bertz CT molecular complexity index is 614. The van der Waals surface area contributed by atoms with Gasteiger partial charge in [0.05, 0.1) is 13.1 Å². The summed E-state index contributed by atoms with van der Waals surface area (Å²) in [5.74, 6) is 0.285. The van der Waals surface area contributed by atoms with Gasteiger partial charge in [-0.3, -0.25) is 4.79 Å². The van der Waals surface area contributed by atoms with Crippen molar-refractivity contribution in [1.29, 1.82) is 0 Å². The Balaban J connectivity index is 1.83. The zero-order valence-corrected chi connectivity index (χ0v) is 12.1. The molecule has 2 aromatic carbocycles. The SMILES string of the molecule is CC(C(=O)c1ccc2ccccc2c1)[NH+]1CCCCC1. The maximum absolute atomic E-state index is 12.7. The molecule has 1 saturated heterocycles. The molecule has 0 bridgehead atoms. The zero-order chi connectivity index (χ0) is 13.9. The first-order valence-corrected chi connectivity index (χ1v) is 7.63. The molecule has 0 spiro atoms. The van der Waals surface area contributed by atoms with Crippen LogP contribution in [0.15, 0.2) is 42.5 Å². The molecule has 0 aromatic heterocycles. The molecule has 0 aliphatic carbocycles. The number of rotatable bonds is 3. The second-order valence-corrected chi connectivity index (χ2v) is 5.87. The highest BCUT2D eigenvalue weighted by molar-refractivity contribution is 6.02. The number of likely N-dealkylation sites (tertiary alicyclic amines) is 1. The van der Waals surface area contributed by atoms with Crippen LogP contribution in [0.4, 0.5) is 0 Å². The summed E-state index contributed by atoms with van der Waals surface area (Å²) in [6, 6.07) is 14.4. The number of carbonyl (C=O) groups excluding carboxylic acids is 1. The summed E-state index contributed by atoms with van der Waals surface area (Å²) < 4.78 is 0. The van der Waals surface area contributed by atoms with Crippen molar-refractivity contribution < 1.29 is 9.69 Å². The molecule has 1 atom stereocenters. The highest BCUT2D eigenvalue weighted by Gasteiger charge is 2.27. The van der Waals surface area contributed by atoms with Crippen LogP contribution in [-0.4, -0.2) is 24.9 Å². The molecule has 0 radical (unpaired) electrons. The first kappa shape index (κ1) is 13.3. The van der Waals surface area contributed by atoms with Crippen molar-refractivity contribution in [1.82, 2.24) is 0 Å². The molecule has 104 valence electrons. The van der Waals surface area contributed by atoms with Gasteiger partial charge >= 0.3 is 0 Å². The van der Waals surface area contributed by atoms with Crippen molar-refractivity contribution >= 4 is 16.6 Å². The van der Waals surface area contributed by atoms with E-state index in [0.29, 0.717) is 0 Å². The van der Waals surface area contributed by atoms with E-state index in [4.69, 9.17) is 0 Å². The number of nitrogens with one attached hydrogen (secondary N) is 1. The van der Waals surface area contributed by atoms with Crippen molar-refractivity contribution in [2.75, 3.05) is 13.1 Å². The van der Waals surface area contributed by atoms with E-state index in [9.17, 15) is 4.79 Å². The molecule has 1 N–H and O–H groups in total. The zero-order valence-electron chi connectivity index (χ0n) is 12.1. The fourth-order valence-corrected chi connectivity index (χ4v) is 3.22. The smallest absolute Gasteiger partial charge is 0.219 e. The van der Waals surface area contributed by atoms with Crippen molar-refractivity contribution in [2.24, 2.45) is 0 Å². The lowest BCUT2D eigenvalue weighted by atomic mass is 9.99. The van der Waals surface area contributed by atoms with Crippen molar-refractivity contribution in [3.8, 4) is 0 Å². The maximum Gasteiger partial charge on any atom is 0.219 e. The van der Waals surface area contributed by atoms with Crippen LogP contribution < -0.4 is 4.90 Å². The molecule has 0 saturated carbocycles. The number of hydrogen-bond donors (Lipinski definition) is 1. The number of ketones is 1. The summed E-state index contributed by atoms with van der Waals surface area (Å²) in [5, 5.41) is 2.35. The van der Waals surface area contributed by atoms with Gasteiger partial charge in [0.25, 0.3) is 0 Å². The first-order chi connectivity index (χ1) is 9.75. The van der Waals surface area contributed by atoms with Crippen LogP contribution in [-0.2, 0) is 0 Å². The molecule has 2 heteroatoms. The fourth-order valence-electron chi connectivity index (χ4n) is 3.22. The Hall–Kier alpha value is -1.67. The van der Waals surface area contributed by atoms with Crippen LogP contribution >= 0.6 is 0 Å². The maximum atomic E-state index is 12.7. The third kappa shape index (κ3) is 2.61. The van der Waals surface area contributed by atoms with Gasteiger partial charge in [0.15, 0.2) is 0 Å². The predicted molar refractivity (Wildman–Crippen MR) is 82.3 cm³/mol. The molecule has 20 heavy (non-hydrogen) atoms. The number of piperidine rings is 1. The number of fused-ring (bicyclic) bond motifs is 1. The van der Waals surface area contributed by atoms with E-state index in [2.05, 4.69) is 25.1 Å². The summed E-state index contributed by atoms with van der Waals surface area (Å²) in [4.78, 5) is 14.1. The van der Waals surface area contributed by atoms with Gasteiger partial charge < -0.3 is 4.90 Å². The monoisotopic (exact) mass is 268 g/mol. The van der Waals surface area contributed by atoms with E-state index in [1.807, 2.05) is 24.3 Å². The van der Waals surface area contributed by atoms with Crippen LogP contribution in [0.3, 0.4) is 0 Å². The third-order valence-corrected chi connectivity index (χ3v) is 4.54. The molecular formula is C18H22NO+. The van der Waals surface area contributed by atoms with Gasteiger partial charge in [-0.15, -0.1) is 0 Å². The second kappa shape index (κ2) is 5.76. The molecular weight excluding hydrogens is 246 g/mol. The largest absolute Gasteiger partial charge is 0.326 e. The number of carbonyl (C=O) groups is 1. The van der Waals surface area contributed by atoms with Crippen LogP contribution in [0.5, 0.6) is 0 Å². The van der Waals surface area contributed by atoms with E-state index in [1.54, 1.807) is 0 Å². The van der Waals surface area contributed by atoms with Gasteiger partial charge in [0, 0.05) is 5.56 Å². The predicted octanol–water partition coefficient (Wildman–Crippen LogP) is 2.48. The molecule has 1 unspecified atom stereocenters. The molecule has 1 heterocycles. The molecule has 1 aliphatic rings. The van der Waals surface area contributed by atoms with Gasteiger partial charge in [-0.05, 0) is 43.0 Å². The quantitative estimate of drug-likeness (QED) is 0.849. The lowest BCUT2D eigenvalue weighted by molar-refractivity contribution is -0.918. The highest BCUT2D eigenvalue weighted by Crippen LogP contribution is 2.16. The van der Waals surface area contributed by atoms with E-state index in [1.165, 1.54) is 29.5 Å². The van der Waals surface area contributed by atoms with Crippen molar-refractivity contribution in [3.05, 3.63) is 48.0 Å². The van der Waals surface area contributed by atoms with Crippen molar-refractivity contribution in [2.45, 2.75) is 32.2 Å². The van der Waals surface area contributed by atoms with Gasteiger partial charge in [0.2, 0.25) is 5.78 Å². The van der Waals surface area contributed by atoms with E-state index < -0.39 is 0 Å². The Morgan fingerprint density at radius 3 is 2.45 bits per heavy atom. The normalized spacial score (nSPS) is 18.1. The van der Waals surface area contributed by atoms with Gasteiger partial charge in [-0.25, -0.2) is 0 Å². The Morgan fingerprint density at radius 2 is 1.70 bits per heavy atom. The minimum atomic E-state index is 0.0801. The summed E-state index contributed by atoms with van der Waals surface area (Å²) in [5.41, 5.74) is 0.856. The van der Waals surface area contributed by atoms with Crippen LogP contribution in [0, 0.1) is 0 Å². The molecule has 1 aliphatic heterocycles. The van der Waals surface area contributed by atoms with Gasteiger partial charge in [0.1, 0.15) is 6.04 Å². The summed E-state index contributed by atoms with van der Waals surface area (Å²) in [7, 11) is 0. The third-order valence-electron chi connectivity index (χ3n) is 4.54. The molecule has 2 aromatic rings. The van der Waals surface area contributed by atoms with E-state index in [0.717, 1.165) is 24.0 Å². The number of benzene rings is 2. The molecule has 2 nitrogen and oxygen atoms in total. The second-order valence-electron chi connectivity index (χ2n) is 5.87. The Kier molecular flexibility index (Phi) is 3.83. The van der Waals surface area contributed by atoms with E-state index in [-0.39, 0.29) is 11.8 Å². The standard InChI is InChI=1S/C18H21NO/c1-14(19-11-5-2-6-12-19)18(20)17-10-9-15-7-3-4-8-16(15)13-17/h3-4,7-10,13-14H,2,5-6,11-12H2,1H3/p+1. The van der Waals surface area contributed by atoms with E-state index >= 15 is 0 Å². The lowest BCUT2D eigenvalue weighted by Crippen LogP contribution is -3.17. The van der Waals surface area contributed by atoms with Gasteiger partial charge in [-0.1, -0.05) is 36.4 Å². The average Bonchev–Trinajstić information content (AvgIpc) is 2.54. The van der Waals surface area contributed by atoms with Crippen molar-refractivity contribution in [3.63, 3.8) is 0 Å². The topological polar surface area (TPSA) is 21.5 Å². The molecule has 0 amide bonds. The Labute approximate surface area is 120 Å². The van der Waals surface area contributed by atoms with Crippen LogP contribution in [0.2, 0.25) is 0 Å². The highest BCUT2D eigenvalue weighted by atomic mass is 16.1. The lowest BCUT2D eigenvalue weighted by Gasteiger charge is -2.28. The Morgan fingerprint density at radius 1 is 1.00 bits per heavy atom. The molecule has 3 rings (SSSR count). The summed E-state index contributed by atoms with van der Waals surface area (Å²) in [6.07, 6.45) is 3.83. The molecule has 1 fully saturated rings. The first-order valence-electron chi connectivity index (χ1n) is 7.63. The van der Waals surface area contributed by atoms with Crippen LogP contribution in [0.1, 0.15) is 36.5 Å². The summed E-state index contributed by atoms with van der Waals surface area (Å²) >= 11 is 0. The average molecular weight is 268 g/mol. The number of quaternary nitrogens is 1. The fraction of sp³-hybridized carbons (Fsp3) is 0.389. The minimum Gasteiger partial charge on any atom is -0.326 e. The summed E-state index contributed by atoms with van der Waals surface area (Å²) in [6.45, 7) is 4.36. The number of hydrogen-bond acceptors (Lipinski definition) is 1.